The predicted octanol–water partition coefficient (Wildman–Crippen LogP) is -0.0190. The van der Waals surface area contributed by atoms with Gasteiger partial charge < -0.3 is 10.2 Å². The van der Waals surface area contributed by atoms with Gasteiger partial charge in [-0.05, 0) is 13.8 Å². The fraction of sp³-hybridized carbons (Fsp3) is 0.571. The highest BCUT2D eigenvalue weighted by molar-refractivity contribution is 7.88. The molecule has 0 aromatic carbocycles. The van der Waals surface area contributed by atoms with Crippen LogP contribution in [0, 0.1) is 6.92 Å². The number of carbonyl (C=O) groups excluding carboxylic acids is 1. The number of hydrogen-bond acceptors (Lipinski definition) is 8. The molecule has 0 aliphatic carbocycles. The molecule has 1 N–H and O–H groups in total. The fourth-order valence-electron chi connectivity index (χ4n) is 2.79. The van der Waals surface area contributed by atoms with Crippen LogP contribution < -0.4 is 10.2 Å². The van der Waals surface area contributed by atoms with E-state index in [2.05, 4.69) is 20.3 Å². The van der Waals surface area contributed by atoms with Gasteiger partial charge in [-0.15, -0.1) is 0 Å². The van der Waals surface area contributed by atoms with Crippen LogP contribution in [0.15, 0.2) is 6.20 Å². The third-order valence-electron chi connectivity index (χ3n) is 3.94. The van der Waals surface area contributed by atoms with Gasteiger partial charge in [-0.25, -0.2) is 18.4 Å². The summed E-state index contributed by atoms with van der Waals surface area (Å²) in [6.07, 6.45) is 2.86. The third kappa shape index (κ3) is 3.72. The van der Waals surface area contributed by atoms with E-state index in [9.17, 15) is 13.2 Å². The van der Waals surface area contributed by atoms with Crippen molar-refractivity contribution in [3.63, 3.8) is 0 Å². The van der Waals surface area contributed by atoms with Crippen molar-refractivity contribution < 1.29 is 13.2 Å². The molecule has 1 saturated heterocycles. The van der Waals surface area contributed by atoms with Gasteiger partial charge in [0.05, 0.1) is 17.2 Å². The van der Waals surface area contributed by atoms with E-state index in [-0.39, 0.29) is 19.0 Å². The minimum Gasteiger partial charge on any atom is -0.355 e. The molecule has 1 fully saturated rings. The highest BCUT2D eigenvalue weighted by atomic mass is 32.2. The number of thiazole rings is 1. The van der Waals surface area contributed by atoms with Crippen LogP contribution in [0.1, 0.15) is 12.7 Å². The number of nitrogens with one attached hydrogen (secondary N) is 1. The van der Waals surface area contributed by atoms with Gasteiger partial charge in [0, 0.05) is 26.2 Å². The van der Waals surface area contributed by atoms with Crippen LogP contribution in [-0.2, 0) is 14.8 Å². The lowest BCUT2D eigenvalue weighted by molar-refractivity contribution is -0.124. The molecule has 2 aromatic rings. The lowest BCUT2D eigenvalue weighted by Crippen LogP contribution is -2.60. The van der Waals surface area contributed by atoms with Gasteiger partial charge in [0.15, 0.2) is 10.8 Å². The molecule has 0 spiro atoms. The van der Waals surface area contributed by atoms with Crippen molar-refractivity contribution in [3.05, 3.63) is 12.0 Å². The average Bonchev–Trinajstić information content (AvgIpc) is 2.96. The molecule has 1 aliphatic heterocycles. The molecular weight excluding hydrogens is 364 g/mol. The van der Waals surface area contributed by atoms with E-state index in [0.717, 1.165) is 16.1 Å². The second-order valence-electron chi connectivity index (χ2n) is 5.83. The third-order valence-corrected chi connectivity index (χ3v) is 6.27. The molecule has 25 heavy (non-hydrogen) atoms. The Balaban J connectivity index is 1.89. The van der Waals surface area contributed by atoms with E-state index >= 15 is 0 Å². The lowest BCUT2D eigenvalue weighted by Gasteiger charge is -2.38. The topological polar surface area (TPSA) is 108 Å². The number of piperazine rings is 1. The first-order chi connectivity index (χ1) is 11.8. The second kappa shape index (κ2) is 6.81. The zero-order valence-corrected chi connectivity index (χ0v) is 15.9. The summed E-state index contributed by atoms with van der Waals surface area (Å²) in [7, 11) is -3.47. The smallest absolute Gasteiger partial charge is 0.240 e. The Morgan fingerprint density at radius 2 is 2.16 bits per heavy atom. The Bertz CT molecular complexity index is 897. The molecule has 2 aromatic heterocycles. The highest BCUT2D eigenvalue weighted by Crippen LogP contribution is 2.29. The number of likely N-dealkylation sites (N-methyl/N-ethyl adjacent to an activating group) is 1. The summed E-state index contributed by atoms with van der Waals surface area (Å²) >= 11 is 1.44. The lowest BCUT2D eigenvalue weighted by atomic mass is 10.2. The summed E-state index contributed by atoms with van der Waals surface area (Å²) in [6, 6.07) is -0.775. The first kappa shape index (κ1) is 18.0. The Morgan fingerprint density at radius 1 is 1.40 bits per heavy atom. The Kier molecular flexibility index (Phi) is 4.89. The van der Waals surface area contributed by atoms with Crippen LogP contribution in [0.5, 0.6) is 0 Å². The second-order valence-corrected chi connectivity index (χ2v) is 8.78. The molecule has 3 rings (SSSR count). The summed E-state index contributed by atoms with van der Waals surface area (Å²) in [4.78, 5) is 27.3. The van der Waals surface area contributed by atoms with Gasteiger partial charge in [0.25, 0.3) is 0 Å². The molecule has 1 aliphatic rings. The minimum absolute atomic E-state index is 0.237. The summed E-state index contributed by atoms with van der Waals surface area (Å²) in [5.41, 5.74) is 0.618. The normalized spacial score (nSPS) is 19.3. The van der Waals surface area contributed by atoms with E-state index in [1.807, 2.05) is 4.90 Å². The summed E-state index contributed by atoms with van der Waals surface area (Å²) < 4.78 is 26.2. The Labute approximate surface area is 150 Å². The summed E-state index contributed by atoms with van der Waals surface area (Å²) in [6.45, 7) is 5.01. The largest absolute Gasteiger partial charge is 0.355 e. The number of amides is 1. The number of nitrogens with zero attached hydrogens (tertiary/aromatic N) is 5. The summed E-state index contributed by atoms with van der Waals surface area (Å²) in [5, 5.41) is 3.43. The van der Waals surface area contributed by atoms with Gasteiger partial charge in [-0.3, -0.25) is 4.79 Å². The summed E-state index contributed by atoms with van der Waals surface area (Å²) in [5.74, 6) is 0.348. The monoisotopic (exact) mass is 384 g/mol. The standard InChI is InChI=1S/C14H20N6O3S2/c1-4-15-13(21)10-8-19(5-6-20(10)25(3,22)23)14-18-12-11(24-14)7-16-9(2)17-12/h7,10H,4-6,8H2,1-3H3,(H,15,21). The van der Waals surface area contributed by atoms with Crippen molar-refractivity contribution in [2.24, 2.45) is 0 Å². The van der Waals surface area contributed by atoms with E-state index in [0.29, 0.717) is 24.6 Å². The molecule has 0 saturated carbocycles. The number of rotatable bonds is 4. The molecule has 9 nitrogen and oxygen atoms in total. The molecule has 0 radical (unpaired) electrons. The molecule has 136 valence electrons. The maximum absolute atomic E-state index is 12.4. The Morgan fingerprint density at radius 3 is 2.84 bits per heavy atom. The SMILES string of the molecule is CCNC(=O)C1CN(c2nc3nc(C)ncc3s2)CCN1S(C)(=O)=O. The molecule has 0 bridgehead atoms. The van der Waals surface area contributed by atoms with Crippen molar-refractivity contribution in [1.29, 1.82) is 0 Å². The maximum Gasteiger partial charge on any atom is 0.240 e. The number of carbonyl (C=O) groups is 1. The fourth-order valence-corrected chi connectivity index (χ4v) is 4.74. The van der Waals surface area contributed by atoms with Crippen molar-refractivity contribution in [2.45, 2.75) is 19.9 Å². The van der Waals surface area contributed by atoms with E-state index < -0.39 is 16.1 Å². The predicted molar refractivity (Wildman–Crippen MR) is 96.2 cm³/mol. The average molecular weight is 384 g/mol. The number of aromatic nitrogens is 3. The zero-order chi connectivity index (χ0) is 18.2. The number of aryl methyl sites for hydroxylation is 1. The molecule has 1 unspecified atom stereocenters. The van der Waals surface area contributed by atoms with Gasteiger partial charge in [0.2, 0.25) is 15.9 Å². The van der Waals surface area contributed by atoms with Crippen LogP contribution in [-0.4, -0.2) is 72.1 Å². The van der Waals surface area contributed by atoms with Gasteiger partial charge in [-0.1, -0.05) is 11.3 Å². The van der Waals surface area contributed by atoms with Crippen LogP contribution in [0.2, 0.25) is 0 Å². The molecule has 1 amide bonds. The molecule has 11 heteroatoms. The number of sulfonamides is 1. The number of hydrogen-bond donors (Lipinski definition) is 1. The van der Waals surface area contributed by atoms with Gasteiger partial charge in [-0.2, -0.15) is 9.29 Å². The highest BCUT2D eigenvalue weighted by Gasteiger charge is 2.38. The first-order valence-corrected chi connectivity index (χ1v) is 10.6. The quantitative estimate of drug-likeness (QED) is 0.789. The van der Waals surface area contributed by atoms with Gasteiger partial charge in [0.1, 0.15) is 11.9 Å². The molecular formula is C14H20N6O3S2. The number of fused-ring (bicyclic) bond motifs is 1. The van der Waals surface area contributed by atoms with Crippen molar-refractivity contribution in [2.75, 3.05) is 37.3 Å². The van der Waals surface area contributed by atoms with Crippen LogP contribution in [0.25, 0.3) is 10.3 Å². The van der Waals surface area contributed by atoms with E-state index in [4.69, 9.17) is 0 Å². The zero-order valence-electron chi connectivity index (χ0n) is 14.3. The van der Waals surface area contributed by atoms with Crippen molar-refractivity contribution in [3.8, 4) is 0 Å². The maximum atomic E-state index is 12.4. The van der Waals surface area contributed by atoms with Crippen LogP contribution in [0.4, 0.5) is 5.13 Å². The number of anilines is 1. The van der Waals surface area contributed by atoms with Gasteiger partial charge >= 0.3 is 0 Å². The first-order valence-electron chi connectivity index (χ1n) is 7.89. The van der Waals surface area contributed by atoms with E-state index in [1.54, 1.807) is 20.0 Å². The molecule has 1 atom stereocenters. The Hall–Kier alpha value is -1.85. The van der Waals surface area contributed by atoms with Crippen LogP contribution in [0.3, 0.4) is 0 Å². The molecule has 3 heterocycles. The minimum atomic E-state index is -3.47. The van der Waals surface area contributed by atoms with Crippen molar-refractivity contribution in [1.82, 2.24) is 24.6 Å². The van der Waals surface area contributed by atoms with E-state index in [1.165, 1.54) is 15.6 Å². The van der Waals surface area contributed by atoms with Crippen LogP contribution >= 0.6 is 11.3 Å². The van der Waals surface area contributed by atoms with Crippen molar-refractivity contribution >= 4 is 42.7 Å².